The Kier molecular flexibility index (Phi) is 8.51. The Labute approximate surface area is 175 Å². The number of benzene rings is 2. The molecule has 6 heteroatoms. The van der Waals surface area contributed by atoms with Crippen LogP contribution >= 0.6 is 15.9 Å². The fraction of sp³-hybridized carbons (Fsp3) is 0.364. The fourth-order valence-corrected chi connectivity index (χ4v) is 3.23. The molecule has 0 aliphatic heterocycles. The van der Waals surface area contributed by atoms with Crippen LogP contribution in [0.5, 0.6) is 0 Å². The van der Waals surface area contributed by atoms with Gasteiger partial charge in [-0.05, 0) is 46.5 Å². The van der Waals surface area contributed by atoms with Crippen molar-refractivity contribution in [3.05, 3.63) is 64.6 Å². The van der Waals surface area contributed by atoms with Gasteiger partial charge in [-0.25, -0.2) is 4.79 Å². The molecule has 0 aromatic heterocycles. The lowest BCUT2D eigenvalue weighted by Gasteiger charge is -2.25. The van der Waals surface area contributed by atoms with Gasteiger partial charge < -0.3 is 15.5 Å². The molecule has 0 aliphatic rings. The van der Waals surface area contributed by atoms with E-state index >= 15 is 0 Å². The molecule has 2 N–H and O–H groups in total. The van der Waals surface area contributed by atoms with E-state index in [-0.39, 0.29) is 24.4 Å². The van der Waals surface area contributed by atoms with Crippen LogP contribution in [0.1, 0.15) is 38.8 Å². The molecule has 3 amide bonds. The lowest BCUT2D eigenvalue weighted by Crippen LogP contribution is -2.40. The molecule has 2 aromatic carbocycles. The number of urea groups is 1. The SMILES string of the molecule is CC(C)CN(CCC(=O)NC(C)c1ccccc1)C(=O)Nc1ccccc1Br. The first kappa shape index (κ1) is 22.0. The highest BCUT2D eigenvalue weighted by molar-refractivity contribution is 9.10. The van der Waals surface area contributed by atoms with E-state index in [1.165, 1.54) is 0 Å². The molecule has 0 fully saturated rings. The van der Waals surface area contributed by atoms with E-state index in [0.717, 1.165) is 10.0 Å². The van der Waals surface area contributed by atoms with Gasteiger partial charge in [0.2, 0.25) is 5.91 Å². The van der Waals surface area contributed by atoms with Crippen molar-refractivity contribution in [2.24, 2.45) is 5.92 Å². The number of carbonyl (C=O) groups is 2. The van der Waals surface area contributed by atoms with Gasteiger partial charge >= 0.3 is 6.03 Å². The number of anilines is 1. The van der Waals surface area contributed by atoms with Gasteiger partial charge in [-0.2, -0.15) is 0 Å². The van der Waals surface area contributed by atoms with Gasteiger partial charge in [-0.3, -0.25) is 4.79 Å². The fourth-order valence-electron chi connectivity index (χ4n) is 2.85. The van der Waals surface area contributed by atoms with Crippen LogP contribution in [0.15, 0.2) is 59.1 Å². The van der Waals surface area contributed by atoms with Gasteiger partial charge in [0.25, 0.3) is 0 Å². The molecule has 0 heterocycles. The number of halogens is 1. The Bertz CT molecular complexity index is 780. The van der Waals surface area contributed by atoms with Crippen molar-refractivity contribution < 1.29 is 9.59 Å². The van der Waals surface area contributed by atoms with E-state index < -0.39 is 0 Å². The summed E-state index contributed by atoms with van der Waals surface area (Å²) in [6.07, 6.45) is 0.257. The second-order valence-corrected chi connectivity index (χ2v) is 8.05. The predicted octanol–water partition coefficient (Wildman–Crippen LogP) is 5.21. The molecule has 0 saturated heterocycles. The maximum absolute atomic E-state index is 12.7. The van der Waals surface area contributed by atoms with E-state index in [4.69, 9.17) is 0 Å². The van der Waals surface area contributed by atoms with Crippen molar-refractivity contribution in [2.45, 2.75) is 33.2 Å². The van der Waals surface area contributed by atoms with E-state index in [2.05, 4.69) is 40.4 Å². The van der Waals surface area contributed by atoms with Crippen LogP contribution in [0.4, 0.5) is 10.5 Å². The van der Waals surface area contributed by atoms with Gasteiger partial charge in [0.1, 0.15) is 0 Å². The predicted molar refractivity (Wildman–Crippen MR) is 117 cm³/mol. The lowest BCUT2D eigenvalue weighted by molar-refractivity contribution is -0.121. The van der Waals surface area contributed by atoms with Crippen LogP contribution in [0.3, 0.4) is 0 Å². The van der Waals surface area contributed by atoms with Gasteiger partial charge in [0.05, 0.1) is 11.7 Å². The summed E-state index contributed by atoms with van der Waals surface area (Å²) in [5, 5.41) is 5.91. The monoisotopic (exact) mass is 445 g/mol. The Hall–Kier alpha value is -2.34. The third-order valence-corrected chi connectivity index (χ3v) is 4.97. The van der Waals surface area contributed by atoms with Crippen LogP contribution in [0.2, 0.25) is 0 Å². The number of hydrogen-bond donors (Lipinski definition) is 2. The molecule has 2 rings (SSSR count). The van der Waals surface area contributed by atoms with E-state index in [0.29, 0.717) is 24.7 Å². The Morgan fingerprint density at radius 3 is 2.29 bits per heavy atom. The van der Waals surface area contributed by atoms with Gasteiger partial charge in [0, 0.05) is 24.0 Å². The molecular weight excluding hydrogens is 418 g/mol. The molecule has 0 aliphatic carbocycles. The molecule has 0 spiro atoms. The van der Waals surface area contributed by atoms with Crippen molar-refractivity contribution in [1.29, 1.82) is 0 Å². The minimum atomic E-state index is -0.204. The zero-order chi connectivity index (χ0) is 20.5. The maximum Gasteiger partial charge on any atom is 0.321 e. The number of hydrogen-bond acceptors (Lipinski definition) is 2. The quantitative estimate of drug-likeness (QED) is 0.585. The normalized spacial score (nSPS) is 11.8. The first-order valence-electron chi connectivity index (χ1n) is 9.51. The minimum absolute atomic E-state index is 0.0682. The molecular formula is C22H28BrN3O2. The lowest BCUT2D eigenvalue weighted by atomic mass is 10.1. The Balaban J connectivity index is 1.93. The average Bonchev–Trinajstić information content (AvgIpc) is 2.67. The molecule has 0 bridgehead atoms. The molecule has 0 radical (unpaired) electrons. The highest BCUT2D eigenvalue weighted by atomic mass is 79.9. The molecule has 1 atom stereocenters. The zero-order valence-corrected chi connectivity index (χ0v) is 18.2. The molecule has 28 heavy (non-hydrogen) atoms. The second kappa shape index (κ2) is 10.9. The van der Waals surface area contributed by atoms with Crippen molar-refractivity contribution >= 4 is 33.6 Å². The first-order valence-corrected chi connectivity index (χ1v) is 10.3. The summed E-state index contributed by atoms with van der Waals surface area (Å²) in [5.74, 6) is 0.232. The molecule has 150 valence electrons. The van der Waals surface area contributed by atoms with Crippen LogP contribution in [-0.2, 0) is 4.79 Å². The van der Waals surface area contributed by atoms with Crippen molar-refractivity contribution in [3.8, 4) is 0 Å². The number of rotatable bonds is 8. The van der Waals surface area contributed by atoms with E-state index in [9.17, 15) is 9.59 Å². The van der Waals surface area contributed by atoms with Gasteiger partial charge in [-0.1, -0.05) is 56.3 Å². The molecule has 0 saturated carbocycles. The van der Waals surface area contributed by atoms with Crippen molar-refractivity contribution in [3.63, 3.8) is 0 Å². The minimum Gasteiger partial charge on any atom is -0.350 e. The topological polar surface area (TPSA) is 61.4 Å². The number of carbonyl (C=O) groups excluding carboxylic acids is 2. The third kappa shape index (κ3) is 7.00. The Morgan fingerprint density at radius 1 is 1.00 bits per heavy atom. The van der Waals surface area contributed by atoms with Crippen LogP contribution in [0.25, 0.3) is 0 Å². The zero-order valence-electron chi connectivity index (χ0n) is 16.6. The number of nitrogens with one attached hydrogen (secondary N) is 2. The molecule has 5 nitrogen and oxygen atoms in total. The van der Waals surface area contributed by atoms with Crippen LogP contribution in [0, 0.1) is 5.92 Å². The van der Waals surface area contributed by atoms with E-state index in [1.54, 1.807) is 4.90 Å². The highest BCUT2D eigenvalue weighted by Gasteiger charge is 2.18. The van der Waals surface area contributed by atoms with Gasteiger partial charge in [-0.15, -0.1) is 0 Å². The second-order valence-electron chi connectivity index (χ2n) is 7.20. The summed E-state index contributed by atoms with van der Waals surface area (Å²) in [6, 6.07) is 17.0. The highest BCUT2D eigenvalue weighted by Crippen LogP contribution is 2.21. The smallest absolute Gasteiger partial charge is 0.321 e. The maximum atomic E-state index is 12.7. The summed E-state index contributed by atoms with van der Waals surface area (Å²) in [5.41, 5.74) is 1.77. The molecule has 2 aromatic rings. The summed E-state index contributed by atoms with van der Waals surface area (Å²) < 4.78 is 0.822. The standard InChI is InChI=1S/C22H28BrN3O2/c1-16(2)15-26(22(28)25-20-12-8-7-11-19(20)23)14-13-21(27)24-17(3)18-9-5-4-6-10-18/h4-12,16-17H,13-15H2,1-3H3,(H,24,27)(H,25,28). The number of nitrogens with zero attached hydrogens (tertiary/aromatic N) is 1. The largest absolute Gasteiger partial charge is 0.350 e. The first-order chi connectivity index (χ1) is 13.4. The third-order valence-electron chi connectivity index (χ3n) is 4.27. The number of amides is 3. The van der Waals surface area contributed by atoms with Crippen LogP contribution < -0.4 is 10.6 Å². The summed E-state index contributed by atoms with van der Waals surface area (Å²) in [4.78, 5) is 26.8. The summed E-state index contributed by atoms with van der Waals surface area (Å²) >= 11 is 3.44. The van der Waals surface area contributed by atoms with Crippen LogP contribution in [-0.4, -0.2) is 29.9 Å². The average molecular weight is 446 g/mol. The summed E-state index contributed by atoms with van der Waals surface area (Å²) in [7, 11) is 0. The van der Waals surface area contributed by atoms with E-state index in [1.807, 2.05) is 61.5 Å². The van der Waals surface area contributed by atoms with Gasteiger partial charge in [0.15, 0.2) is 0 Å². The molecule has 1 unspecified atom stereocenters. The van der Waals surface area contributed by atoms with Crippen molar-refractivity contribution in [1.82, 2.24) is 10.2 Å². The summed E-state index contributed by atoms with van der Waals surface area (Å²) in [6.45, 7) is 7.00. The number of para-hydroxylation sites is 1. The Morgan fingerprint density at radius 2 is 1.64 bits per heavy atom. The van der Waals surface area contributed by atoms with Crippen molar-refractivity contribution in [2.75, 3.05) is 18.4 Å².